The van der Waals surface area contributed by atoms with E-state index in [1.54, 1.807) is 0 Å². The van der Waals surface area contributed by atoms with Crippen molar-refractivity contribution < 1.29 is 109 Å². The predicted octanol–water partition coefficient (Wildman–Crippen LogP) is -2.69. The number of aromatic hydroxyl groups is 4. The maximum Gasteiger partial charge on any atom is 0.338 e. The van der Waals surface area contributed by atoms with E-state index in [0.29, 0.717) is 0 Å². The van der Waals surface area contributed by atoms with Gasteiger partial charge < -0.3 is 104 Å². The first kappa shape index (κ1) is 45.6. The van der Waals surface area contributed by atoms with Gasteiger partial charge in [0.2, 0.25) is 12.6 Å². The van der Waals surface area contributed by atoms with Crippen LogP contribution in [0.25, 0.3) is 22.6 Å². The number of hydrogen-bond donors (Lipinski definition) is 13. The summed E-state index contributed by atoms with van der Waals surface area (Å²) < 4.78 is 45.1. The molecule has 13 N–H and O–H groups in total. The summed E-state index contributed by atoms with van der Waals surface area (Å²) in [7, 11) is 0. The number of aliphatic hydroxyl groups is 9. The van der Waals surface area contributed by atoms with Crippen molar-refractivity contribution in [1.82, 2.24) is 0 Å². The topological polar surface area (TPSA) is 375 Å². The normalized spacial score (nSPS) is 33.5. The van der Waals surface area contributed by atoms with Crippen LogP contribution in [0.5, 0.6) is 34.5 Å². The fourth-order valence-electron chi connectivity index (χ4n) is 6.99. The van der Waals surface area contributed by atoms with Gasteiger partial charge in [-0.1, -0.05) is 0 Å². The lowest BCUT2D eigenvalue weighted by Crippen LogP contribution is -2.61. The Morgan fingerprint density at radius 1 is 0.619 bits per heavy atom. The number of aliphatic hydroxyl groups excluding tert-OH is 9. The number of esters is 1. The van der Waals surface area contributed by atoms with Crippen LogP contribution in [-0.4, -0.2) is 178 Å². The first-order valence-electron chi connectivity index (χ1n) is 19.2. The molecule has 0 amide bonds. The van der Waals surface area contributed by atoms with Gasteiger partial charge in [-0.3, -0.25) is 4.79 Å². The average Bonchev–Trinajstić information content (AvgIpc) is 3.25. The summed E-state index contributed by atoms with van der Waals surface area (Å²) in [5.41, 5.74) is -1.27. The number of carbonyl (C=O) groups is 1. The minimum absolute atomic E-state index is 0.0411. The van der Waals surface area contributed by atoms with Gasteiger partial charge in [0, 0.05) is 17.7 Å². The predicted molar refractivity (Wildman–Crippen MR) is 203 cm³/mol. The first-order valence-corrected chi connectivity index (χ1v) is 19.2. The maximum atomic E-state index is 13.6. The number of ether oxygens (including phenoxy) is 7. The Bertz CT molecular complexity index is 2240. The zero-order valence-electron chi connectivity index (χ0n) is 32.7. The Kier molecular flexibility index (Phi) is 13.3. The molecule has 1 aliphatic carbocycles. The molecule has 63 heavy (non-hydrogen) atoms. The molecule has 0 spiro atoms. The van der Waals surface area contributed by atoms with Gasteiger partial charge >= 0.3 is 5.97 Å². The van der Waals surface area contributed by atoms with Gasteiger partial charge in [-0.2, -0.15) is 0 Å². The molecule has 5 aliphatic rings. The molecule has 3 fully saturated rings. The molecule has 2 aromatic rings. The van der Waals surface area contributed by atoms with E-state index in [2.05, 4.69) is 0 Å². The van der Waals surface area contributed by atoms with Crippen molar-refractivity contribution in [3.8, 4) is 57.1 Å². The average molecular weight is 893 g/mol. The summed E-state index contributed by atoms with van der Waals surface area (Å²) in [6.07, 6.45) is -25.5. The number of benzene rings is 3. The zero-order valence-corrected chi connectivity index (χ0v) is 32.7. The molecule has 23 nitrogen and oxygen atoms in total. The second-order valence-corrected chi connectivity index (χ2v) is 15.1. The van der Waals surface area contributed by atoms with Crippen LogP contribution in [0.4, 0.5) is 0 Å². The molecule has 0 bridgehead atoms. The SMILES string of the molecule is C[C@@H]1O[C@@H](OC[C@H]2O[C@@H](Oc3cc4c(=O)cc(O[C@@H]5O[C@H](COC(=O)c6ccc(O)cc6)[C@@H](O)[C@H](O)[C@H]5O)cc-4oc3-c3cc(O)c(O)c(O)c3)[C@H](O)[C@@H](O)[C@@H]2O)[C@H](O)[C@H](O)[C@H]1O. The van der Waals surface area contributed by atoms with Crippen LogP contribution in [-0.2, 0) is 23.7 Å². The van der Waals surface area contributed by atoms with Crippen molar-refractivity contribution in [1.29, 1.82) is 0 Å². The molecule has 342 valence electrons. The zero-order chi connectivity index (χ0) is 45.6. The smallest absolute Gasteiger partial charge is 0.338 e. The number of phenols is 4. The number of rotatable bonds is 11. The number of fused-ring (bicyclic) bond motifs is 1. The summed E-state index contributed by atoms with van der Waals surface area (Å²) in [5.74, 6) is -5.09. The standard InChI is InChI=1S/C40H44O23/c1-13-26(45)30(49)33(52)38(58-13)57-12-25-29(48)32(51)35(54)40(63-25)61-23-10-18-19(42)8-17(9-22(18)60-36(23)15-6-20(43)27(46)21(44)7-15)59-39-34(53)31(50)28(47)24(62-39)11-56-37(55)14-2-4-16(41)5-3-14/h2-10,13,24-26,28-35,38-41,43-54H,11-12H2,1H3/t13-,24+,25+,26-,28+,29+,30+,31-,32-,33+,34+,35+,38+,39+,40+/m0/s1. The third-order valence-electron chi connectivity index (χ3n) is 10.7. The summed E-state index contributed by atoms with van der Waals surface area (Å²) in [6.45, 7) is 0.115. The van der Waals surface area contributed by atoms with Gasteiger partial charge in [0.25, 0.3) is 0 Å². The van der Waals surface area contributed by atoms with Crippen molar-refractivity contribution >= 4 is 5.97 Å². The first-order chi connectivity index (χ1) is 29.8. The summed E-state index contributed by atoms with van der Waals surface area (Å²) in [4.78, 5) is 26.1. The minimum Gasteiger partial charge on any atom is -0.508 e. The van der Waals surface area contributed by atoms with Crippen molar-refractivity contribution in [2.24, 2.45) is 0 Å². The molecular formula is C40H44O23. The Morgan fingerprint density at radius 3 is 1.79 bits per heavy atom. The molecular weight excluding hydrogens is 848 g/mol. The van der Waals surface area contributed by atoms with Crippen LogP contribution in [0, 0.1) is 0 Å². The molecule has 2 aromatic carbocycles. The Labute approximate surface area is 354 Å². The minimum atomic E-state index is -2.01. The van der Waals surface area contributed by atoms with Gasteiger partial charge in [0.1, 0.15) is 91.0 Å². The molecule has 4 heterocycles. The molecule has 0 unspecified atom stereocenters. The monoisotopic (exact) mass is 892 g/mol. The quantitative estimate of drug-likeness (QED) is 0.0538. The lowest BCUT2D eigenvalue weighted by atomic mass is 9.98. The van der Waals surface area contributed by atoms with Gasteiger partial charge in [-0.15, -0.1) is 0 Å². The van der Waals surface area contributed by atoms with Gasteiger partial charge in [0.05, 0.1) is 23.8 Å². The highest BCUT2D eigenvalue weighted by Crippen LogP contribution is 2.44. The van der Waals surface area contributed by atoms with E-state index < -0.39 is 145 Å². The van der Waals surface area contributed by atoms with Crippen molar-refractivity contribution in [3.63, 3.8) is 0 Å². The van der Waals surface area contributed by atoms with Crippen LogP contribution < -0.4 is 14.9 Å². The molecule has 7 rings (SSSR count). The molecule has 0 aromatic heterocycles. The highest BCUT2D eigenvalue weighted by molar-refractivity contribution is 5.89. The van der Waals surface area contributed by atoms with E-state index in [0.717, 1.165) is 30.3 Å². The Morgan fingerprint density at radius 2 is 1.17 bits per heavy atom. The van der Waals surface area contributed by atoms with E-state index >= 15 is 0 Å². The van der Waals surface area contributed by atoms with E-state index in [-0.39, 0.29) is 33.9 Å². The number of hydrogen-bond acceptors (Lipinski definition) is 23. The molecule has 4 aliphatic heterocycles. The lowest BCUT2D eigenvalue weighted by molar-refractivity contribution is -0.318. The second-order valence-electron chi connectivity index (χ2n) is 15.1. The molecule has 0 radical (unpaired) electrons. The van der Waals surface area contributed by atoms with Crippen LogP contribution in [0.15, 0.2) is 63.8 Å². The Balaban J connectivity index is 1.15. The van der Waals surface area contributed by atoms with Crippen molar-refractivity contribution in [3.05, 3.63) is 70.4 Å². The van der Waals surface area contributed by atoms with E-state index in [1.807, 2.05) is 0 Å². The van der Waals surface area contributed by atoms with Crippen molar-refractivity contribution in [2.45, 2.75) is 99.0 Å². The van der Waals surface area contributed by atoms with Crippen LogP contribution in [0.3, 0.4) is 0 Å². The second kappa shape index (κ2) is 18.4. The molecule has 0 saturated carbocycles. The van der Waals surface area contributed by atoms with Crippen LogP contribution in [0.2, 0.25) is 0 Å². The highest BCUT2D eigenvalue weighted by Gasteiger charge is 2.48. The van der Waals surface area contributed by atoms with Gasteiger partial charge in [-0.05, 0) is 49.4 Å². The van der Waals surface area contributed by atoms with Gasteiger partial charge in [0.15, 0.2) is 40.5 Å². The maximum absolute atomic E-state index is 13.6. The molecule has 3 saturated heterocycles. The van der Waals surface area contributed by atoms with Crippen molar-refractivity contribution in [2.75, 3.05) is 13.2 Å². The van der Waals surface area contributed by atoms with E-state index in [4.69, 9.17) is 37.6 Å². The van der Waals surface area contributed by atoms with Crippen LogP contribution in [0.1, 0.15) is 17.3 Å². The summed E-state index contributed by atoms with van der Waals surface area (Å²) >= 11 is 0. The van der Waals surface area contributed by atoms with E-state index in [1.165, 1.54) is 31.2 Å². The largest absolute Gasteiger partial charge is 0.508 e. The Hall–Kier alpha value is -5.38. The molecule has 15 atom stereocenters. The fourth-order valence-corrected chi connectivity index (χ4v) is 6.99. The third kappa shape index (κ3) is 9.32. The lowest BCUT2D eigenvalue weighted by Gasteiger charge is -2.42. The summed E-state index contributed by atoms with van der Waals surface area (Å²) in [6, 6.07) is 9.99. The number of carbonyl (C=O) groups excluding carboxylic acids is 1. The summed E-state index contributed by atoms with van der Waals surface area (Å²) in [5, 5.41) is 135. The van der Waals surface area contributed by atoms with Crippen LogP contribution >= 0.6 is 0 Å². The molecule has 23 heteroatoms. The fraction of sp³-hybridized carbons (Fsp3) is 0.450. The number of phenolic OH excluding ortho intramolecular Hbond substituents is 4. The van der Waals surface area contributed by atoms with Gasteiger partial charge in [-0.25, -0.2) is 4.79 Å². The highest BCUT2D eigenvalue weighted by atomic mass is 16.7. The third-order valence-corrected chi connectivity index (χ3v) is 10.7. The van der Waals surface area contributed by atoms with E-state index in [9.17, 15) is 76.0 Å².